The van der Waals surface area contributed by atoms with E-state index in [2.05, 4.69) is 11.3 Å². The van der Waals surface area contributed by atoms with Crippen LogP contribution in [0.3, 0.4) is 0 Å². The van der Waals surface area contributed by atoms with Crippen LogP contribution in [0.15, 0.2) is 11.5 Å². The summed E-state index contributed by atoms with van der Waals surface area (Å²) in [5, 5.41) is 0. The minimum atomic E-state index is -2.88. The molecule has 0 fully saturated rings. The van der Waals surface area contributed by atoms with Crippen LogP contribution < -0.4 is 0 Å². The average molecular weight is 188 g/mol. The van der Waals surface area contributed by atoms with Crippen LogP contribution in [-0.2, 0) is 20.2 Å². The molecule has 0 saturated carbocycles. The molecule has 0 aliphatic rings. The van der Waals surface area contributed by atoms with E-state index < -0.39 is 21.6 Å². The third kappa shape index (κ3) is 5.43. The summed E-state index contributed by atoms with van der Waals surface area (Å²) in [5.41, 5.74) is 0. The van der Waals surface area contributed by atoms with Gasteiger partial charge in [-0.1, -0.05) is 6.58 Å². The van der Waals surface area contributed by atoms with Gasteiger partial charge in [0.1, 0.15) is 4.91 Å². The standard InChI is InChI=1S/C5H8O4S.Na.H/c1-3-9-5(6)4(2)10(7)8;;/h10H,2-3H2,1H3;;. The van der Waals surface area contributed by atoms with Crippen molar-refractivity contribution in [3.63, 3.8) is 0 Å². The molecule has 0 unspecified atom stereocenters. The number of carbonyl (C=O) groups is 1. The maximum absolute atomic E-state index is 10.5. The fourth-order valence-corrected chi connectivity index (χ4v) is 0.503. The van der Waals surface area contributed by atoms with Crippen LogP contribution in [0.5, 0.6) is 0 Å². The molecule has 0 aliphatic carbocycles. The Balaban J connectivity index is 0. The summed E-state index contributed by atoms with van der Waals surface area (Å²) in [7, 11) is -2.88. The van der Waals surface area contributed by atoms with Crippen molar-refractivity contribution in [1.29, 1.82) is 0 Å². The second kappa shape index (κ2) is 6.84. The third-order valence-corrected chi connectivity index (χ3v) is 1.35. The zero-order valence-corrected chi connectivity index (χ0v) is 6.39. The summed E-state index contributed by atoms with van der Waals surface area (Å²) < 4.78 is 24.4. The zero-order chi connectivity index (χ0) is 8.15. The van der Waals surface area contributed by atoms with Crippen LogP contribution in [0, 0.1) is 0 Å². The van der Waals surface area contributed by atoms with Gasteiger partial charge >= 0.3 is 35.5 Å². The topological polar surface area (TPSA) is 60.4 Å². The number of carbonyl (C=O) groups excluding carboxylic acids is 1. The molecule has 0 aliphatic heterocycles. The second-order valence-electron chi connectivity index (χ2n) is 1.42. The van der Waals surface area contributed by atoms with Gasteiger partial charge in [0.25, 0.3) is 0 Å². The molecule has 0 bridgehead atoms. The van der Waals surface area contributed by atoms with Gasteiger partial charge in [-0.25, -0.2) is 13.2 Å². The van der Waals surface area contributed by atoms with E-state index in [9.17, 15) is 13.2 Å². The van der Waals surface area contributed by atoms with E-state index in [1.54, 1.807) is 6.92 Å². The first-order valence-corrected chi connectivity index (χ1v) is 3.77. The number of ether oxygens (including phenoxy) is 1. The van der Waals surface area contributed by atoms with Crippen molar-refractivity contribution in [3.8, 4) is 0 Å². The van der Waals surface area contributed by atoms with Gasteiger partial charge < -0.3 is 4.74 Å². The van der Waals surface area contributed by atoms with Crippen LogP contribution >= 0.6 is 0 Å². The van der Waals surface area contributed by atoms with E-state index in [1.807, 2.05) is 0 Å². The first kappa shape index (κ1) is 13.7. The number of hydrogen-bond acceptors (Lipinski definition) is 4. The van der Waals surface area contributed by atoms with Crippen LogP contribution in [0.1, 0.15) is 6.92 Å². The molecular formula is C5H9NaO4S. The van der Waals surface area contributed by atoms with Crippen LogP contribution in [-0.4, -0.2) is 50.6 Å². The van der Waals surface area contributed by atoms with E-state index in [-0.39, 0.29) is 36.2 Å². The Labute approximate surface area is 88.9 Å². The monoisotopic (exact) mass is 188 g/mol. The van der Waals surface area contributed by atoms with Crippen molar-refractivity contribution >= 4 is 46.2 Å². The molecule has 0 spiro atoms. The van der Waals surface area contributed by atoms with E-state index in [4.69, 9.17) is 0 Å². The molecule has 0 atom stereocenters. The normalized spacial score (nSPS) is 8.55. The summed E-state index contributed by atoms with van der Waals surface area (Å²) >= 11 is 0. The Hall–Kier alpha value is 0.160. The van der Waals surface area contributed by atoms with Crippen molar-refractivity contribution in [1.82, 2.24) is 0 Å². The molecule has 0 aromatic carbocycles. The fourth-order valence-electron chi connectivity index (χ4n) is 0.289. The van der Waals surface area contributed by atoms with E-state index in [0.29, 0.717) is 0 Å². The molecule has 0 heterocycles. The van der Waals surface area contributed by atoms with E-state index in [0.717, 1.165) is 0 Å². The number of rotatable bonds is 3. The van der Waals surface area contributed by atoms with Crippen LogP contribution in [0.4, 0.5) is 0 Å². The molecule has 4 nitrogen and oxygen atoms in total. The van der Waals surface area contributed by atoms with Crippen molar-refractivity contribution in [3.05, 3.63) is 11.5 Å². The predicted molar refractivity (Wildman–Crippen MR) is 43.2 cm³/mol. The Morgan fingerprint density at radius 3 is 2.27 bits per heavy atom. The van der Waals surface area contributed by atoms with E-state index >= 15 is 0 Å². The summed E-state index contributed by atoms with van der Waals surface area (Å²) in [4.78, 5) is 9.98. The van der Waals surface area contributed by atoms with Gasteiger partial charge in [0.2, 0.25) is 0 Å². The van der Waals surface area contributed by atoms with Gasteiger partial charge in [-0.3, -0.25) is 0 Å². The molecule has 0 N–H and O–H groups in total. The maximum atomic E-state index is 10.5. The Kier molecular flexibility index (Phi) is 8.54. The second-order valence-corrected chi connectivity index (χ2v) is 2.48. The number of thiol groups is 1. The summed E-state index contributed by atoms with van der Waals surface area (Å²) in [6.45, 7) is 4.74. The van der Waals surface area contributed by atoms with Gasteiger partial charge in [0.15, 0.2) is 10.7 Å². The van der Waals surface area contributed by atoms with Crippen molar-refractivity contribution in [2.75, 3.05) is 6.61 Å². The Bertz CT molecular complexity index is 213. The van der Waals surface area contributed by atoms with Gasteiger partial charge in [-0.05, 0) is 6.92 Å². The average Bonchev–Trinajstić information content (AvgIpc) is 1.87. The first-order valence-electron chi connectivity index (χ1n) is 2.60. The first-order chi connectivity index (χ1) is 4.59. The number of esters is 1. The van der Waals surface area contributed by atoms with Crippen LogP contribution in [0.2, 0.25) is 0 Å². The summed E-state index contributed by atoms with van der Waals surface area (Å²) in [6.07, 6.45) is 0. The van der Waals surface area contributed by atoms with Gasteiger partial charge in [0, 0.05) is 0 Å². The SMILES string of the molecule is C=C(C(=O)OCC)[SH](=O)=O.[NaH]. The predicted octanol–water partition coefficient (Wildman–Crippen LogP) is -0.974. The molecule has 11 heavy (non-hydrogen) atoms. The molecular weight excluding hydrogens is 179 g/mol. The van der Waals surface area contributed by atoms with E-state index in [1.165, 1.54) is 0 Å². The molecule has 0 amide bonds. The Morgan fingerprint density at radius 2 is 2.00 bits per heavy atom. The third-order valence-electron chi connectivity index (χ3n) is 0.731. The number of hydrogen-bond donors (Lipinski definition) is 1. The minimum absolute atomic E-state index is 0. The molecule has 0 aromatic heterocycles. The summed E-state index contributed by atoms with van der Waals surface area (Å²) in [5.74, 6) is -0.876. The molecule has 0 rings (SSSR count). The van der Waals surface area contributed by atoms with Crippen molar-refractivity contribution in [2.45, 2.75) is 6.92 Å². The Morgan fingerprint density at radius 1 is 1.55 bits per heavy atom. The molecule has 0 aromatic rings. The van der Waals surface area contributed by atoms with Gasteiger partial charge in [0.05, 0.1) is 6.61 Å². The molecule has 0 radical (unpaired) electrons. The zero-order valence-electron chi connectivity index (χ0n) is 5.49. The fraction of sp³-hybridized carbons (Fsp3) is 0.400. The van der Waals surface area contributed by atoms with Crippen LogP contribution in [0.25, 0.3) is 0 Å². The van der Waals surface area contributed by atoms with Crippen molar-refractivity contribution in [2.24, 2.45) is 0 Å². The molecule has 60 valence electrons. The van der Waals surface area contributed by atoms with Gasteiger partial charge in [-0.15, -0.1) is 0 Å². The van der Waals surface area contributed by atoms with Gasteiger partial charge in [-0.2, -0.15) is 0 Å². The summed E-state index contributed by atoms with van der Waals surface area (Å²) in [6, 6.07) is 0. The van der Waals surface area contributed by atoms with Crippen molar-refractivity contribution < 1.29 is 17.9 Å². The molecule has 6 heteroatoms. The quantitative estimate of drug-likeness (QED) is 0.268. The molecule has 0 saturated heterocycles.